The molecule has 1 atom stereocenters. The molecule has 0 radical (unpaired) electrons. The Kier molecular flexibility index (Phi) is 1.42. The van der Waals surface area contributed by atoms with Crippen molar-refractivity contribution in [3.05, 3.63) is 11.6 Å². The number of aryl methyl sites for hydroxylation is 2. The number of hydrogen-bond acceptors (Lipinski definition) is 3. The number of aromatic nitrogens is 3. The van der Waals surface area contributed by atoms with E-state index in [9.17, 15) is 0 Å². The van der Waals surface area contributed by atoms with Crippen LogP contribution in [0.25, 0.3) is 0 Å². The second kappa shape index (κ2) is 2.30. The van der Waals surface area contributed by atoms with Gasteiger partial charge in [0, 0.05) is 0 Å². The molecule has 0 amide bonds. The zero-order valence-corrected chi connectivity index (χ0v) is 6.74. The van der Waals surface area contributed by atoms with Crippen LogP contribution in [0, 0.1) is 13.8 Å². The van der Waals surface area contributed by atoms with Crippen molar-refractivity contribution in [1.82, 2.24) is 14.8 Å². The Morgan fingerprint density at radius 3 is 2.82 bits per heavy atom. The van der Waals surface area contributed by atoms with E-state index in [2.05, 4.69) is 10.1 Å². The van der Waals surface area contributed by atoms with Crippen LogP contribution in [-0.4, -0.2) is 27.5 Å². The van der Waals surface area contributed by atoms with E-state index in [0.717, 1.165) is 24.8 Å². The van der Waals surface area contributed by atoms with E-state index in [4.69, 9.17) is 4.74 Å². The Bertz CT molecular complexity index is 265. The van der Waals surface area contributed by atoms with Gasteiger partial charge in [-0.05, 0) is 13.8 Å². The summed E-state index contributed by atoms with van der Waals surface area (Å²) in [7, 11) is 0. The third-order valence-electron chi connectivity index (χ3n) is 1.74. The van der Waals surface area contributed by atoms with Gasteiger partial charge in [0.15, 0.2) is 0 Å². The van der Waals surface area contributed by atoms with Crippen molar-refractivity contribution >= 4 is 0 Å². The monoisotopic (exact) mass is 153 g/mol. The van der Waals surface area contributed by atoms with Crippen LogP contribution in [-0.2, 0) is 11.3 Å². The first kappa shape index (κ1) is 6.79. The van der Waals surface area contributed by atoms with Gasteiger partial charge in [0.1, 0.15) is 17.8 Å². The third kappa shape index (κ3) is 1.40. The van der Waals surface area contributed by atoms with Crippen LogP contribution in [0.2, 0.25) is 0 Å². The standard InChI is InChI=1S/C7H11N3O/c1-5-8-6(2)10(9-5)3-7-4-11-7/h7H,3-4H2,1-2H3/t7-/m0/s1. The zero-order valence-electron chi connectivity index (χ0n) is 6.74. The first-order chi connectivity index (χ1) is 5.25. The highest BCUT2D eigenvalue weighted by atomic mass is 16.6. The molecule has 0 bridgehead atoms. The number of hydrogen-bond donors (Lipinski definition) is 0. The summed E-state index contributed by atoms with van der Waals surface area (Å²) in [6.45, 7) is 5.59. The normalized spacial score (nSPS) is 22.2. The molecule has 1 aromatic heterocycles. The second-order valence-corrected chi connectivity index (χ2v) is 2.84. The predicted octanol–water partition coefficient (Wildman–Crippen LogP) is 0.294. The van der Waals surface area contributed by atoms with Crippen LogP contribution in [0.4, 0.5) is 0 Å². The molecule has 11 heavy (non-hydrogen) atoms. The van der Waals surface area contributed by atoms with E-state index >= 15 is 0 Å². The lowest BCUT2D eigenvalue weighted by molar-refractivity contribution is 0.370. The number of epoxide rings is 1. The fourth-order valence-electron chi connectivity index (χ4n) is 1.10. The van der Waals surface area contributed by atoms with E-state index in [0.29, 0.717) is 6.10 Å². The number of nitrogens with zero attached hydrogens (tertiary/aromatic N) is 3. The number of ether oxygens (including phenoxy) is 1. The van der Waals surface area contributed by atoms with Crippen LogP contribution in [0.1, 0.15) is 11.6 Å². The maximum atomic E-state index is 5.09. The summed E-state index contributed by atoms with van der Waals surface area (Å²) in [5.74, 6) is 1.81. The van der Waals surface area contributed by atoms with Crippen molar-refractivity contribution in [2.24, 2.45) is 0 Å². The van der Waals surface area contributed by atoms with Gasteiger partial charge in [0.05, 0.1) is 13.2 Å². The van der Waals surface area contributed by atoms with Crippen LogP contribution in [0.15, 0.2) is 0 Å². The van der Waals surface area contributed by atoms with Crippen molar-refractivity contribution in [3.8, 4) is 0 Å². The van der Waals surface area contributed by atoms with Crippen LogP contribution >= 0.6 is 0 Å². The molecule has 0 aromatic carbocycles. The van der Waals surface area contributed by atoms with Gasteiger partial charge in [-0.25, -0.2) is 9.67 Å². The number of rotatable bonds is 2. The Morgan fingerprint density at radius 2 is 2.36 bits per heavy atom. The van der Waals surface area contributed by atoms with Crippen molar-refractivity contribution < 1.29 is 4.74 Å². The molecule has 0 aliphatic carbocycles. The Hall–Kier alpha value is -0.900. The largest absolute Gasteiger partial charge is 0.371 e. The van der Waals surface area contributed by atoms with E-state index in [-0.39, 0.29) is 0 Å². The molecule has 0 saturated carbocycles. The second-order valence-electron chi connectivity index (χ2n) is 2.84. The third-order valence-corrected chi connectivity index (χ3v) is 1.74. The van der Waals surface area contributed by atoms with Gasteiger partial charge in [-0.15, -0.1) is 0 Å². The maximum Gasteiger partial charge on any atom is 0.147 e. The fraction of sp³-hybridized carbons (Fsp3) is 0.714. The molecule has 1 aliphatic rings. The molecule has 0 unspecified atom stereocenters. The van der Waals surface area contributed by atoms with Crippen LogP contribution in [0.3, 0.4) is 0 Å². The molecule has 60 valence electrons. The van der Waals surface area contributed by atoms with Gasteiger partial charge in [0.25, 0.3) is 0 Å². The first-order valence-corrected chi connectivity index (χ1v) is 3.75. The summed E-state index contributed by atoms with van der Waals surface area (Å²) in [6.07, 6.45) is 0.384. The average molecular weight is 153 g/mol. The van der Waals surface area contributed by atoms with Gasteiger partial charge < -0.3 is 4.74 Å². The van der Waals surface area contributed by atoms with Gasteiger partial charge in [-0.2, -0.15) is 5.10 Å². The van der Waals surface area contributed by atoms with E-state index in [1.165, 1.54) is 0 Å². The minimum atomic E-state index is 0.384. The minimum Gasteiger partial charge on any atom is -0.371 e. The Balaban J connectivity index is 2.14. The maximum absolute atomic E-state index is 5.09. The Labute approximate surface area is 65.2 Å². The molecule has 2 rings (SSSR count). The highest BCUT2D eigenvalue weighted by Gasteiger charge is 2.23. The molecule has 0 N–H and O–H groups in total. The summed E-state index contributed by atoms with van der Waals surface area (Å²) in [5.41, 5.74) is 0. The first-order valence-electron chi connectivity index (χ1n) is 3.75. The lowest BCUT2D eigenvalue weighted by Gasteiger charge is -1.96. The average Bonchev–Trinajstić information content (AvgIpc) is 2.64. The molecule has 0 spiro atoms. The SMILES string of the molecule is Cc1nc(C)n(C[C@H]2CO2)n1. The fourth-order valence-corrected chi connectivity index (χ4v) is 1.10. The summed E-state index contributed by atoms with van der Waals surface area (Å²) in [6, 6.07) is 0. The van der Waals surface area contributed by atoms with Crippen LogP contribution < -0.4 is 0 Å². The van der Waals surface area contributed by atoms with Gasteiger partial charge >= 0.3 is 0 Å². The molecule has 1 aliphatic heterocycles. The van der Waals surface area contributed by atoms with E-state index in [1.807, 2.05) is 18.5 Å². The molecule has 4 nitrogen and oxygen atoms in total. The van der Waals surface area contributed by atoms with Gasteiger partial charge in [-0.3, -0.25) is 0 Å². The van der Waals surface area contributed by atoms with E-state index < -0.39 is 0 Å². The molecule has 1 saturated heterocycles. The summed E-state index contributed by atoms with van der Waals surface area (Å²) in [5, 5.41) is 4.22. The highest BCUT2D eigenvalue weighted by Crippen LogP contribution is 2.11. The topological polar surface area (TPSA) is 43.2 Å². The predicted molar refractivity (Wildman–Crippen MR) is 39.2 cm³/mol. The molecular weight excluding hydrogens is 142 g/mol. The van der Waals surface area contributed by atoms with Crippen LogP contribution in [0.5, 0.6) is 0 Å². The highest BCUT2D eigenvalue weighted by molar-refractivity contribution is 4.88. The summed E-state index contributed by atoms with van der Waals surface area (Å²) >= 11 is 0. The molecular formula is C7H11N3O. The Morgan fingerprint density at radius 1 is 1.64 bits per heavy atom. The molecule has 1 aromatic rings. The lowest BCUT2D eigenvalue weighted by atomic mass is 10.5. The summed E-state index contributed by atoms with van der Waals surface area (Å²) < 4.78 is 6.98. The van der Waals surface area contributed by atoms with Crippen molar-refractivity contribution in [1.29, 1.82) is 0 Å². The molecule has 2 heterocycles. The van der Waals surface area contributed by atoms with Crippen molar-refractivity contribution in [2.45, 2.75) is 26.5 Å². The molecule has 1 fully saturated rings. The van der Waals surface area contributed by atoms with Crippen molar-refractivity contribution in [3.63, 3.8) is 0 Å². The van der Waals surface area contributed by atoms with E-state index in [1.54, 1.807) is 0 Å². The summed E-state index contributed by atoms with van der Waals surface area (Å²) in [4.78, 5) is 4.19. The van der Waals surface area contributed by atoms with Gasteiger partial charge in [-0.1, -0.05) is 0 Å². The lowest BCUT2D eigenvalue weighted by Crippen LogP contribution is -2.07. The minimum absolute atomic E-state index is 0.384. The van der Waals surface area contributed by atoms with Crippen molar-refractivity contribution in [2.75, 3.05) is 6.61 Å². The zero-order chi connectivity index (χ0) is 7.84. The molecule has 4 heteroatoms. The van der Waals surface area contributed by atoms with Gasteiger partial charge in [0.2, 0.25) is 0 Å². The quantitative estimate of drug-likeness (QED) is 0.574. The smallest absolute Gasteiger partial charge is 0.147 e.